The van der Waals surface area contributed by atoms with E-state index in [2.05, 4.69) is 4.98 Å². The van der Waals surface area contributed by atoms with Crippen molar-refractivity contribution in [3.8, 4) is 0 Å². The van der Waals surface area contributed by atoms with E-state index in [4.69, 9.17) is 10.2 Å². The lowest BCUT2D eigenvalue weighted by molar-refractivity contribution is -0.139. The van der Waals surface area contributed by atoms with Gasteiger partial charge in [-0.3, -0.25) is 19.4 Å². The lowest BCUT2D eigenvalue weighted by atomic mass is 9.93. The topological polar surface area (TPSA) is 125 Å². The normalized spacial score (nSPS) is 11.9. The minimum Gasteiger partial charge on any atom is -0.481 e. The number of rotatable bonds is 12. The van der Waals surface area contributed by atoms with Gasteiger partial charge in [-0.25, -0.2) is 0 Å². The van der Waals surface area contributed by atoms with Gasteiger partial charge in [0.25, 0.3) is 0 Å². The molecule has 0 radical (unpaired) electrons. The Morgan fingerprint density at radius 2 is 1.56 bits per heavy atom. The van der Waals surface area contributed by atoms with E-state index in [0.717, 1.165) is 11.1 Å². The number of aliphatic carboxylic acids is 3. The highest BCUT2D eigenvalue weighted by Gasteiger charge is 2.21. The molecule has 0 fully saturated rings. The highest BCUT2D eigenvalue weighted by atomic mass is 16.4. The van der Waals surface area contributed by atoms with E-state index in [1.54, 1.807) is 12.3 Å². The second-order valence-corrected chi connectivity index (χ2v) is 6.05. The van der Waals surface area contributed by atoms with Crippen molar-refractivity contribution >= 4 is 17.9 Å². The molecule has 1 aromatic heterocycles. The molecule has 3 N–H and O–H groups in total. The Morgan fingerprint density at radius 1 is 1.00 bits per heavy atom. The molecule has 7 nitrogen and oxygen atoms in total. The smallest absolute Gasteiger partial charge is 0.312 e. The van der Waals surface area contributed by atoms with Crippen LogP contribution in [0.5, 0.6) is 0 Å². The third-order valence-electron chi connectivity index (χ3n) is 4.01. The number of aromatic nitrogens is 1. The maximum absolute atomic E-state index is 11.5. The fourth-order valence-electron chi connectivity index (χ4n) is 2.74. The summed E-state index contributed by atoms with van der Waals surface area (Å²) in [6.45, 7) is 1.91. The first kappa shape index (κ1) is 20.6. The Kier molecular flexibility index (Phi) is 8.60. The highest BCUT2D eigenvalue weighted by Crippen LogP contribution is 2.24. The molecule has 0 amide bonds. The van der Waals surface area contributed by atoms with E-state index in [1.165, 1.54) is 0 Å². The van der Waals surface area contributed by atoms with Gasteiger partial charge >= 0.3 is 17.9 Å². The fourth-order valence-corrected chi connectivity index (χ4v) is 2.74. The van der Waals surface area contributed by atoms with Crippen molar-refractivity contribution < 1.29 is 29.7 Å². The molecular weight excluding hydrogens is 326 g/mol. The molecule has 25 heavy (non-hydrogen) atoms. The summed E-state index contributed by atoms with van der Waals surface area (Å²) in [6, 6.07) is 1.74. The average Bonchev–Trinajstić information content (AvgIpc) is 2.53. The zero-order valence-corrected chi connectivity index (χ0v) is 14.4. The van der Waals surface area contributed by atoms with E-state index >= 15 is 0 Å². The minimum atomic E-state index is -0.926. The van der Waals surface area contributed by atoms with Gasteiger partial charge in [0, 0.05) is 19.0 Å². The van der Waals surface area contributed by atoms with Gasteiger partial charge < -0.3 is 15.3 Å². The van der Waals surface area contributed by atoms with Crippen molar-refractivity contribution in [3.05, 3.63) is 29.1 Å². The summed E-state index contributed by atoms with van der Waals surface area (Å²) >= 11 is 0. The summed E-state index contributed by atoms with van der Waals surface area (Å²) in [4.78, 5) is 37.1. The Morgan fingerprint density at radius 3 is 2.04 bits per heavy atom. The number of nitrogens with zero attached hydrogens (tertiary/aromatic N) is 1. The molecule has 0 aliphatic carbocycles. The number of aryl methyl sites for hydroxylation is 2. The molecular formula is C18H25NO6. The molecule has 1 atom stereocenters. The number of pyridine rings is 1. The number of carboxylic acids is 3. The van der Waals surface area contributed by atoms with Crippen LogP contribution in [0.4, 0.5) is 0 Å². The molecule has 0 saturated carbocycles. The van der Waals surface area contributed by atoms with Crippen LogP contribution in [0.25, 0.3) is 0 Å². The molecule has 0 aliphatic heterocycles. The van der Waals surface area contributed by atoms with Crippen LogP contribution in [0, 0.1) is 0 Å². The zero-order chi connectivity index (χ0) is 18.8. The second-order valence-electron chi connectivity index (χ2n) is 6.05. The van der Waals surface area contributed by atoms with Gasteiger partial charge in [-0.1, -0.05) is 13.3 Å². The first-order chi connectivity index (χ1) is 11.8. The SMILES string of the molecule is CCCC(C(=O)O)c1cc(CCCC(=O)O)c(CCCC(=O)O)cn1. The lowest BCUT2D eigenvalue weighted by Crippen LogP contribution is -2.14. The number of hydrogen-bond acceptors (Lipinski definition) is 4. The standard InChI is InChI=1S/C18H25NO6/c1-2-5-14(18(24)25)15-10-12(6-3-8-16(20)21)13(11-19-15)7-4-9-17(22)23/h10-11,14H,2-9H2,1H3,(H,20,21)(H,22,23)(H,24,25). The second kappa shape index (κ2) is 10.4. The van der Waals surface area contributed by atoms with Crippen LogP contribution >= 0.6 is 0 Å². The summed E-state index contributed by atoms with van der Waals surface area (Å²) in [6.07, 6.45) is 4.81. The molecule has 1 unspecified atom stereocenters. The summed E-state index contributed by atoms with van der Waals surface area (Å²) < 4.78 is 0. The Labute approximate surface area is 146 Å². The summed E-state index contributed by atoms with van der Waals surface area (Å²) in [5.41, 5.74) is 2.19. The molecule has 0 bridgehead atoms. The predicted molar refractivity (Wildman–Crippen MR) is 90.7 cm³/mol. The molecule has 1 rings (SSSR count). The van der Waals surface area contributed by atoms with Gasteiger partial charge in [0.05, 0.1) is 11.6 Å². The minimum absolute atomic E-state index is 0.0313. The van der Waals surface area contributed by atoms with Crippen molar-refractivity contribution in [1.29, 1.82) is 0 Å². The van der Waals surface area contributed by atoms with Crippen molar-refractivity contribution in [2.75, 3.05) is 0 Å². The summed E-state index contributed by atoms with van der Waals surface area (Å²) in [5, 5.41) is 26.9. The van der Waals surface area contributed by atoms with Gasteiger partial charge in [-0.15, -0.1) is 0 Å². The van der Waals surface area contributed by atoms with Gasteiger partial charge in [0.15, 0.2) is 0 Å². The van der Waals surface area contributed by atoms with Crippen molar-refractivity contribution in [3.63, 3.8) is 0 Å². The molecule has 138 valence electrons. The van der Waals surface area contributed by atoms with E-state index in [-0.39, 0.29) is 12.8 Å². The Bertz CT molecular complexity index is 614. The van der Waals surface area contributed by atoms with Crippen LogP contribution in [-0.2, 0) is 27.2 Å². The molecule has 1 heterocycles. The van der Waals surface area contributed by atoms with Crippen LogP contribution in [0.15, 0.2) is 12.3 Å². The van der Waals surface area contributed by atoms with E-state index in [0.29, 0.717) is 44.2 Å². The van der Waals surface area contributed by atoms with Crippen LogP contribution < -0.4 is 0 Å². The fraction of sp³-hybridized carbons (Fsp3) is 0.556. The summed E-state index contributed by atoms with van der Waals surface area (Å²) in [7, 11) is 0. The van der Waals surface area contributed by atoms with Crippen molar-refractivity contribution in [1.82, 2.24) is 4.98 Å². The third kappa shape index (κ3) is 7.32. The maximum atomic E-state index is 11.5. The molecule has 1 aromatic rings. The van der Waals surface area contributed by atoms with Crippen LogP contribution in [-0.4, -0.2) is 38.2 Å². The Balaban J connectivity index is 2.99. The zero-order valence-electron chi connectivity index (χ0n) is 14.4. The lowest BCUT2D eigenvalue weighted by Gasteiger charge is -2.15. The van der Waals surface area contributed by atoms with Crippen LogP contribution in [0.1, 0.15) is 68.2 Å². The van der Waals surface area contributed by atoms with Gasteiger partial charge in [-0.2, -0.15) is 0 Å². The van der Waals surface area contributed by atoms with Crippen LogP contribution in [0.2, 0.25) is 0 Å². The van der Waals surface area contributed by atoms with E-state index in [1.807, 2.05) is 6.92 Å². The van der Waals surface area contributed by atoms with Gasteiger partial charge in [0.2, 0.25) is 0 Å². The molecule has 0 saturated heterocycles. The maximum Gasteiger partial charge on any atom is 0.312 e. The molecule has 7 heteroatoms. The number of carbonyl (C=O) groups is 3. The Hall–Kier alpha value is -2.44. The predicted octanol–water partition coefficient (Wildman–Crippen LogP) is 2.86. The molecule has 0 spiro atoms. The number of carboxylic acid groups (broad SMARTS) is 3. The first-order valence-electron chi connectivity index (χ1n) is 8.49. The monoisotopic (exact) mass is 351 g/mol. The summed E-state index contributed by atoms with van der Waals surface area (Å²) in [5.74, 6) is -3.36. The quantitative estimate of drug-likeness (QED) is 0.529. The molecule has 0 aliphatic rings. The van der Waals surface area contributed by atoms with Crippen molar-refractivity contribution in [2.24, 2.45) is 0 Å². The van der Waals surface area contributed by atoms with Gasteiger partial charge in [0.1, 0.15) is 0 Å². The van der Waals surface area contributed by atoms with Crippen molar-refractivity contribution in [2.45, 2.75) is 64.2 Å². The third-order valence-corrected chi connectivity index (χ3v) is 4.01. The van der Waals surface area contributed by atoms with Gasteiger partial charge in [-0.05, 0) is 49.3 Å². The first-order valence-corrected chi connectivity index (χ1v) is 8.49. The van der Waals surface area contributed by atoms with E-state index in [9.17, 15) is 19.5 Å². The highest BCUT2D eigenvalue weighted by molar-refractivity contribution is 5.75. The number of hydrogen-bond donors (Lipinski definition) is 3. The molecule has 0 aromatic carbocycles. The van der Waals surface area contributed by atoms with E-state index < -0.39 is 23.8 Å². The largest absolute Gasteiger partial charge is 0.481 e. The average molecular weight is 351 g/mol. The van der Waals surface area contributed by atoms with Crippen LogP contribution in [0.3, 0.4) is 0 Å².